The van der Waals surface area contributed by atoms with E-state index in [9.17, 15) is 5.11 Å². The van der Waals surface area contributed by atoms with E-state index in [1.54, 1.807) is 0 Å². The SMILES string of the molecule is CC[C@@H](O)CN1CC(C)CC(N)C1. The lowest BCUT2D eigenvalue weighted by atomic mass is 9.96. The van der Waals surface area contributed by atoms with Crippen LogP contribution in [0.1, 0.15) is 26.7 Å². The Morgan fingerprint density at radius 2 is 2.23 bits per heavy atom. The number of aliphatic hydroxyl groups excluding tert-OH is 1. The van der Waals surface area contributed by atoms with Crippen LogP contribution in [-0.4, -0.2) is 41.8 Å². The number of hydrogen-bond acceptors (Lipinski definition) is 3. The molecule has 0 saturated carbocycles. The first-order valence-electron chi connectivity index (χ1n) is 5.27. The third-order valence-corrected chi connectivity index (χ3v) is 2.71. The van der Waals surface area contributed by atoms with Gasteiger partial charge in [0.2, 0.25) is 0 Å². The molecule has 13 heavy (non-hydrogen) atoms. The molecule has 3 N–H and O–H groups in total. The summed E-state index contributed by atoms with van der Waals surface area (Å²) in [7, 11) is 0. The Hall–Kier alpha value is -0.120. The Morgan fingerprint density at radius 1 is 1.54 bits per heavy atom. The van der Waals surface area contributed by atoms with Crippen molar-refractivity contribution in [2.75, 3.05) is 19.6 Å². The molecule has 2 unspecified atom stereocenters. The molecule has 0 amide bonds. The van der Waals surface area contributed by atoms with Crippen molar-refractivity contribution in [2.45, 2.75) is 38.8 Å². The van der Waals surface area contributed by atoms with Gasteiger partial charge in [-0.15, -0.1) is 0 Å². The van der Waals surface area contributed by atoms with Crippen LogP contribution < -0.4 is 5.73 Å². The summed E-state index contributed by atoms with van der Waals surface area (Å²) in [5.41, 5.74) is 5.91. The lowest BCUT2D eigenvalue weighted by Crippen LogP contribution is -2.48. The molecular formula is C10H22N2O. The molecule has 1 rings (SSSR count). The van der Waals surface area contributed by atoms with Crippen molar-refractivity contribution in [1.82, 2.24) is 4.90 Å². The largest absolute Gasteiger partial charge is 0.392 e. The normalized spacial score (nSPS) is 33.2. The first-order chi connectivity index (χ1) is 6.11. The van der Waals surface area contributed by atoms with E-state index in [1.165, 1.54) is 0 Å². The van der Waals surface area contributed by atoms with Crippen molar-refractivity contribution < 1.29 is 5.11 Å². The second-order valence-electron chi connectivity index (χ2n) is 4.38. The minimum Gasteiger partial charge on any atom is -0.392 e. The van der Waals surface area contributed by atoms with Crippen molar-refractivity contribution >= 4 is 0 Å². The topological polar surface area (TPSA) is 49.5 Å². The van der Waals surface area contributed by atoms with Crippen LogP contribution >= 0.6 is 0 Å². The second kappa shape index (κ2) is 4.94. The van der Waals surface area contributed by atoms with Crippen molar-refractivity contribution in [3.8, 4) is 0 Å². The molecule has 0 aromatic heterocycles. The maximum atomic E-state index is 9.50. The Labute approximate surface area is 80.9 Å². The van der Waals surface area contributed by atoms with Crippen LogP contribution in [0.3, 0.4) is 0 Å². The van der Waals surface area contributed by atoms with Gasteiger partial charge in [0.25, 0.3) is 0 Å². The lowest BCUT2D eigenvalue weighted by Gasteiger charge is -2.35. The number of β-amino-alcohol motifs (C(OH)–C–C–N with tert-alkyl or cyclic N) is 1. The summed E-state index contributed by atoms with van der Waals surface area (Å²) in [5.74, 6) is 0.674. The zero-order valence-electron chi connectivity index (χ0n) is 8.74. The van der Waals surface area contributed by atoms with Gasteiger partial charge in [-0.25, -0.2) is 0 Å². The van der Waals surface area contributed by atoms with E-state index in [1.807, 2.05) is 6.92 Å². The maximum absolute atomic E-state index is 9.50. The third-order valence-electron chi connectivity index (χ3n) is 2.71. The van der Waals surface area contributed by atoms with E-state index in [4.69, 9.17) is 5.73 Å². The Bertz CT molecular complexity index is 142. The van der Waals surface area contributed by atoms with E-state index in [0.29, 0.717) is 12.0 Å². The fourth-order valence-electron chi connectivity index (χ4n) is 2.09. The van der Waals surface area contributed by atoms with Crippen LogP contribution in [0.15, 0.2) is 0 Å². The molecule has 0 spiro atoms. The highest BCUT2D eigenvalue weighted by Gasteiger charge is 2.22. The molecule has 1 aliphatic rings. The predicted molar refractivity (Wildman–Crippen MR) is 54.5 cm³/mol. The lowest BCUT2D eigenvalue weighted by molar-refractivity contribution is 0.0789. The van der Waals surface area contributed by atoms with Gasteiger partial charge in [-0.2, -0.15) is 0 Å². The van der Waals surface area contributed by atoms with Gasteiger partial charge in [0.15, 0.2) is 0 Å². The summed E-state index contributed by atoms with van der Waals surface area (Å²) in [5, 5.41) is 9.50. The number of nitrogens with zero attached hydrogens (tertiary/aromatic N) is 1. The van der Waals surface area contributed by atoms with Crippen molar-refractivity contribution in [3.05, 3.63) is 0 Å². The van der Waals surface area contributed by atoms with E-state index < -0.39 is 0 Å². The van der Waals surface area contributed by atoms with Gasteiger partial charge >= 0.3 is 0 Å². The zero-order valence-corrected chi connectivity index (χ0v) is 8.74. The van der Waals surface area contributed by atoms with Crippen LogP contribution in [0, 0.1) is 5.92 Å². The van der Waals surface area contributed by atoms with Crippen molar-refractivity contribution in [1.29, 1.82) is 0 Å². The van der Waals surface area contributed by atoms with Gasteiger partial charge in [0, 0.05) is 25.7 Å². The van der Waals surface area contributed by atoms with Crippen LogP contribution in [-0.2, 0) is 0 Å². The highest BCUT2D eigenvalue weighted by atomic mass is 16.3. The van der Waals surface area contributed by atoms with E-state index >= 15 is 0 Å². The monoisotopic (exact) mass is 186 g/mol. The summed E-state index contributed by atoms with van der Waals surface area (Å²) in [6, 6.07) is 0.299. The molecule has 78 valence electrons. The van der Waals surface area contributed by atoms with Gasteiger partial charge in [-0.3, -0.25) is 4.90 Å². The minimum atomic E-state index is -0.183. The van der Waals surface area contributed by atoms with Gasteiger partial charge < -0.3 is 10.8 Å². The Morgan fingerprint density at radius 3 is 2.77 bits per heavy atom. The number of nitrogens with two attached hydrogens (primary N) is 1. The van der Waals surface area contributed by atoms with Crippen molar-refractivity contribution in [3.63, 3.8) is 0 Å². The smallest absolute Gasteiger partial charge is 0.0664 e. The fourth-order valence-corrected chi connectivity index (χ4v) is 2.09. The third kappa shape index (κ3) is 3.63. The van der Waals surface area contributed by atoms with Crippen LogP contribution in [0.25, 0.3) is 0 Å². The molecule has 1 aliphatic heterocycles. The fraction of sp³-hybridized carbons (Fsp3) is 1.00. The molecule has 3 heteroatoms. The van der Waals surface area contributed by atoms with Crippen LogP contribution in [0.5, 0.6) is 0 Å². The quantitative estimate of drug-likeness (QED) is 0.672. The standard InChI is InChI=1S/C10H22N2O/c1-3-10(13)7-12-5-8(2)4-9(11)6-12/h8-10,13H,3-7,11H2,1-2H3/t8?,9?,10-/m1/s1. The summed E-state index contributed by atoms with van der Waals surface area (Å²) in [6.45, 7) is 7.06. The molecular weight excluding hydrogens is 164 g/mol. The van der Waals surface area contributed by atoms with Crippen LogP contribution in [0.4, 0.5) is 0 Å². The molecule has 3 atom stereocenters. The molecule has 0 aromatic carbocycles. The molecule has 3 nitrogen and oxygen atoms in total. The van der Waals surface area contributed by atoms with Gasteiger partial charge in [0.1, 0.15) is 0 Å². The number of likely N-dealkylation sites (tertiary alicyclic amines) is 1. The van der Waals surface area contributed by atoms with Crippen LogP contribution in [0.2, 0.25) is 0 Å². The Kier molecular flexibility index (Phi) is 4.16. The first kappa shape index (κ1) is 11.0. The van der Waals surface area contributed by atoms with E-state index in [2.05, 4.69) is 11.8 Å². The molecule has 0 radical (unpaired) electrons. The van der Waals surface area contributed by atoms with Gasteiger partial charge in [-0.05, 0) is 18.8 Å². The zero-order chi connectivity index (χ0) is 9.84. The molecule has 1 heterocycles. The number of hydrogen-bond donors (Lipinski definition) is 2. The number of piperidine rings is 1. The van der Waals surface area contributed by atoms with E-state index in [0.717, 1.165) is 32.5 Å². The van der Waals surface area contributed by atoms with Gasteiger partial charge in [0.05, 0.1) is 6.10 Å². The predicted octanol–water partition coefficient (Wildman–Crippen LogP) is 0.426. The molecule has 1 saturated heterocycles. The first-order valence-corrected chi connectivity index (χ1v) is 5.27. The molecule has 0 aromatic rings. The summed E-state index contributed by atoms with van der Waals surface area (Å²) in [6.07, 6.45) is 1.77. The number of rotatable bonds is 3. The summed E-state index contributed by atoms with van der Waals surface area (Å²) in [4.78, 5) is 2.28. The molecule has 1 fully saturated rings. The highest BCUT2D eigenvalue weighted by molar-refractivity contribution is 4.80. The van der Waals surface area contributed by atoms with Crippen molar-refractivity contribution in [2.24, 2.45) is 11.7 Å². The summed E-state index contributed by atoms with van der Waals surface area (Å²) >= 11 is 0. The van der Waals surface area contributed by atoms with Gasteiger partial charge in [-0.1, -0.05) is 13.8 Å². The molecule has 0 aliphatic carbocycles. The van der Waals surface area contributed by atoms with E-state index in [-0.39, 0.29) is 6.10 Å². The maximum Gasteiger partial charge on any atom is 0.0664 e. The Balaban J connectivity index is 2.32. The second-order valence-corrected chi connectivity index (χ2v) is 4.38. The average molecular weight is 186 g/mol. The highest BCUT2D eigenvalue weighted by Crippen LogP contribution is 2.15. The molecule has 0 bridgehead atoms. The summed E-state index contributed by atoms with van der Waals surface area (Å²) < 4.78 is 0. The minimum absolute atomic E-state index is 0.183. The number of aliphatic hydroxyl groups is 1. The average Bonchev–Trinajstić information content (AvgIpc) is 2.02.